The molecule has 0 aliphatic carbocycles. The van der Waals surface area contributed by atoms with E-state index in [0.717, 1.165) is 0 Å². The van der Waals surface area contributed by atoms with E-state index in [0.29, 0.717) is 5.75 Å². The van der Waals surface area contributed by atoms with Gasteiger partial charge in [-0.05, 0) is 19.1 Å². The number of hydrogen-bond donors (Lipinski definition) is 2. The second kappa shape index (κ2) is 5.15. The molecule has 14 heavy (non-hydrogen) atoms. The van der Waals surface area contributed by atoms with Crippen LogP contribution >= 0.6 is 0 Å². The van der Waals surface area contributed by atoms with Gasteiger partial charge in [0.05, 0.1) is 4.92 Å². The molecule has 1 aromatic carbocycles. The molecule has 1 unspecified atom stereocenters. The Morgan fingerprint density at radius 1 is 1.43 bits per heavy atom. The van der Waals surface area contributed by atoms with Crippen LogP contribution in [0.5, 0.6) is 5.75 Å². The van der Waals surface area contributed by atoms with Crippen LogP contribution in [-0.2, 0) is 0 Å². The summed E-state index contributed by atoms with van der Waals surface area (Å²) < 4.78 is 4.88. The third-order valence-corrected chi connectivity index (χ3v) is 1.35. The van der Waals surface area contributed by atoms with Crippen molar-refractivity contribution >= 4 is 5.69 Å². The average molecular weight is 200 g/mol. The van der Waals surface area contributed by atoms with Crippen molar-refractivity contribution in [2.24, 2.45) is 0 Å². The van der Waals surface area contributed by atoms with Gasteiger partial charge in [0, 0.05) is 12.1 Å². The molecular weight excluding hydrogens is 188 g/mol. The van der Waals surface area contributed by atoms with Gasteiger partial charge in [-0.25, -0.2) is 0 Å². The quantitative estimate of drug-likeness (QED) is 0.436. The number of aliphatic hydroxyl groups is 1. The third-order valence-electron chi connectivity index (χ3n) is 1.35. The van der Waals surface area contributed by atoms with Gasteiger partial charge in [-0.3, -0.25) is 10.1 Å². The van der Waals surface area contributed by atoms with E-state index in [2.05, 4.69) is 0 Å². The second-order valence-corrected chi connectivity index (χ2v) is 2.47. The lowest BCUT2D eigenvalue weighted by Crippen LogP contribution is -2.09. The van der Waals surface area contributed by atoms with Crippen molar-refractivity contribution < 1.29 is 14.8 Å². The maximum atomic E-state index is 10.2. The zero-order valence-corrected chi connectivity index (χ0v) is 7.71. The molecule has 0 aliphatic rings. The Morgan fingerprint density at radius 3 is 2.29 bits per heavy atom. The number of nitro benzene ring substituents is 1. The lowest BCUT2D eigenvalue weighted by Gasteiger charge is -2.07. The van der Waals surface area contributed by atoms with Crippen molar-refractivity contribution in [3.05, 3.63) is 34.4 Å². The number of nitrogens with zero attached hydrogens (tertiary/aromatic N) is 1. The van der Waals surface area contributed by atoms with Crippen LogP contribution in [0.2, 0.25) is 0 Å². The van der Waals surface area contributed by atoms with Gasteiger partial charge in [0.2, 0.25) is 0 Å². The molecule has 1 atom stereocenters. The zero-order chi connectivity index (χ0) is 9.84. The fourth-order valence-corrected chi connectivity index (χ4v) is 0.843. The minimum atomic E-state index is -0.915. The number of hydrogen-bond acceptors (Lipinski definition) is 5. The van der Waals surface area contributed by atoms with Gasteiger partial charge in [-0.2, -0.15) is 0 Å². The summed E-state index contributed by atoms with van der Waals surface area (Å²) in [6.07, 6.45) is -0.915. The Balaban J connectivity index is 0.00000169. The van der Waals surface area contributed by atoms with Gasteiger partial charge in [-0.1, -0.05) is 0 Å². The van der Waals surface area contributed by atoms with E-state index in [4.69, 9.17) is 9.84 Å². The van der Waals surface area contributed by atoms with Crippen molar-refractivity contribution in [3.8, 4) is 5.75 Å². The molecule has 6 heteroatoms. The van der Waals surface area contributed by atoms with Gasteiger partial charge >= 0.3 is 0 Å². The summed E-state index contributed by atoms with van der Waals surface area (Å²) in [5, 5.41) is 19.1. The first-order valence-electron chi connectivity index (χ1n) is 3.69. The first-order chi connectivity index (χ1) is 6.09. The maximum Gasteiger partial charge on any atom is 0.269 e. The maximum absolute atomic E-state index is 10.2. The van der Waals surface area contributed by atoms with E-state index in [1.807, 2.05) is 0 Å². The molecule has 78 valence electrons. The van der Waals surface area contributed by atoms with Crippen molar-refractivity contribution in [1.29, 1.82) is 0 Å². The molecule has 0 bridgehead atoms. The molecule has 0 radical (unpaired) electrons. The lowest BCUT2D eigenvalue weighted by molar-refractivity contribution is -0.384. The summed E-state index contributed by atoms with van der Waals surface area (Å²) >= 11 is 0. The molecule has 0 aromatic heterocycles. The number of aliphatic hydroxyl groups excluding tert-OH is 1. The molecule has 0 heterocycles. The summed E-state index contributed by atoms with van der Waals surface area (Å²) in [5.41, 5.74) is -0.00190. The second-order valence-electron chi connectivity index (χ2n) is 2.47. The van der Waals surface area contributed by atoms with Crippen LogP contribution < -0.4 is 10.9 Å². The predicted molar refractivity (Wildman–Crippen MR) is 50.4 cm³/mol. The topological polar surface area (TPSA) is 108 Å². The van der Waals surface area contributed by atoms with Crippen molar-refractivity contribution in [2.45, 2.75) is 13.2 Å². The lowest BCUT2D eigenvalue weighted by atomic mass is 10.3. The molecule has 1 rings (SSSR count). The van der Waals surface area contributed by atoms with Crippen molar-refractivity contribution in [2.75, 3.05) is 0 Å². The standard InChI is InChI=1S/C8H9NO4.H3N/c1-6(10)13-8-4-2-7(3-5-8)9(11)12;/h2-6,10H,1H3;1H3. The van der Waals surface area contributed by atoms with Crippen LogP contribution in [0.25, 0.3) is 0 Å². The number of nitro groups is 1. The molecule has 6 nitrogen and oxygen atoms in total. The molecule has 0 saturated carbocycles. The molecule has 0 aliphatic heterocycles. The first-order valence-corrected chi connectivity index (χ1v) is 3.69. The molecule has 0 fully saturated rings. The Bertz CT molecular complexity index is 297. The minimum absolute atomic E-state index is 0. The summed E-state index contributed by atoms with van der Waals surface area (Å²) in [4.78, 5) is 9.76. The molecule has 0 amide bonds. The first kappa shape index (κ1) is 12.3. The molecule has 1 aromatic rings. The molecule has 4 N–H and O–H groups in total. The summed E-state index contributed by atoms with van der Waals surface area (Å²) in [7, 11) is 0. The monoisotopic (exact) mass is 200 g/mol. The van der Waals surface area contributed by atoms with Gasteiger partial charge in [-0.15, -0.1) is 0 Å². The highest BCUT2D eigenvalue weighted by Gasteiger charge is 2.04. The average Bonchev–Trinajstić information content (AvgIpc) is 2.04. The Kier molecular flexibility index (Phi) is 4.54. The fraction of sp³-hybridized carbons (Fsp3) is 0.250. The predicted octanol–water partition coefficient (Wildman–Crippen LogP) is 1.47. The van der Waals surface area contributed by atoms with E-state index >= 15 is 0 Å². The van der Waals surface area contributed by atoms with Crippen LogP contribution in [0.3, 0.4) is 0 Å². The number of rotatable bonds is 3. The van der Waals surface area contributed by atoms with Crippen LogP contribution in [0, 0.1) is 10.1 Å². The molecular formula is C8H12N2O4. The summed E-state index contributed by atoms with van der Waals surface area (Å²) in [5.74, 6) is 0.403. The van der Waals surface area contributed by atoms with E-state index in [9.17, 15) is 10.1 Å². The number of non-ortho nitro benzene ring substituents is 1. The minimum Gasteiger partial charge on any atom is -0.465 e. The molecule has 0 spiro atoms. The van der Waals surface area contributed by atoms with E-state index in [-0.39, 0.29) is 11.8 Å². The zero-order valence-electron chi connectivity index (χ0n) is 7.71. The third kappa shape index (κ3) is 3.38. The Morgan fingerprint density at radius 2 is 1.93 bits per heavy atom. The number of benzene rings is 1. The van der Waals surface area contributed by atoms with E-state index < -0.39 is 11.2 Å². The smallest absolute Gasteiger partial charge is 0.269 e. The largest absolute Gasteiger partial charge is 0.465 e. The number of ether oxygens (including phenoxy) is 1. The van der Waals surface area contributed by atoms with Crippen LogP contribution in [-0.4, -0.2) is 16.3 Å². The highest BCUT2D eigenvalue weighted by atomic mass is 16.6. The van der Waals surface area contributed by atoms with Gasteiger partial charge < -0.3 is 16.0 Å². The molecule has 0 saturated heterocycles. The summed E-state index contributed by atoms with van der Waals surface area (Å²) in [6, 6.07) is 5.51. The highest BCUT2D eigenvalue weighted by molar-refractivity contribution is 5.35. The van der Waals surface area contributed by atoms with Crippen molar-refractivity contribution in [3.63, 3.8) is 0 Å². The normalized spacial score (nSPS) is 11.3. The van der Waals surface area contributed by atoms with E-state index in [1.54, 1.807) is 0 Å². The van der Waals surface area contributed by atoms with E-state index in [1.165, 1.54) is 31.2 Å². The fourth-order valence-electron chi connectivity index (χ4n) is 0.843. The highest BCUT2D eigenvalue weighted by Crippen LogP contribution is 2.17. The Labute approximate surface area is 80.9 Å². The SMILES string of the molecule is CC(O)Oc1ccc([N+](=O)[O-])cc1.N. The van der Waals surface area contributed by atoms with Crippen LogP contribution in [0.4, 0.5) is 5.69 Å². The van der Waals surface area contributed by atoms with Gasteiger partial charge in [0.25, 0.3) is 5.69 Å². The van der Waals surface area contributed by atoms with Crippen molar-refractivity contribution in [1.82, 2.24) is 6.15 Å². The summed E-state index contributed by atoms with van der Waals surface area (Å²) in [6.45, 7) is 1.46. The van der Waals surface area contributed by atoms with Crippen LogP contribution in [0.1, 0.15) is 6.92 Å². The Hall–Kier alpha value is -1.66. The van der Waals surface area contributed by atoms with Gasteiger partial charge in [0.15, 0.2) is 6.29 Å². The van der Waals surface area contributed by atoms with Gasteiger partial charge in [0.1, 0.15) is 5.75 Å². The van der Waals surface area contributed by atoms with Crippen LogP contribution in [0.15, 0.2) is 24.3 Å².